The number of nitrogens with zero attached hydrogens (tertiary/aromatic N) is 2. The van der Waals surface area contributed by atoms with E-state index in [2.05, 4.69) is 17.1 Å². The SMILES string of the molecule is CCCC(CN)c1nc(C2(OCC)CCCC2)no1. The summed E-state index contributed by atoms with van der Waals surface area (Å²) in [6, 6.07) is 0. The first-order chi connectivity index (χ1) is 9.25. The van der Waals surface area contributed by atoms with Gasteiger partial charge in [0.15, 0.2) is 0 Å². The molecule has 19 heavy (non-hydrogen) atoms. The third kappa shape index (κ3) is 2.98. The van der Waals surface area contributed by atoms with E-state index >= 15 is 0 Å². The molecule has 2 N–H and O–H groups in total. The van der Waals surface area contributed by atoms with E-state index in [4.69, 9.17) is 15.0 Å². The number of ether oxygens (including phenoxy) is 1. The molecule has 0 bridgehead atoms. The fraction of sp³-hybridized carbons (Fsp3) is 0.857. The lowest BCUT2D eigenvalue weighted by Gasteiger charge is -2.24. The molecule has 0 saturated heterocycles. The summed E-state index contributed by atoms with van der Waals surface area (Å²) in [5.74, 6) is 1.56. The van der Waals surface area contributed by atoms with Crippen molar-refractivity contribution in [3.8, 4) is 0 Å². The summed E-state index contributed by atoms with van der Waals surface area (Å²) in [4.78, 5) is 4.59. The quantitative estimate of drug-likeness (QED) is 0.822. The molecule has 1 aromatic rings. The Balaban J connectivity index is 2.18. The zero-order valence-electron chi connectivity index (χ0n) is 12.0. The van der Waals surface area contributed by atoms with Gasteiger partial charge in [-0.1, -0.05) is 18.5 Å². The number of rotatable bonds is 7. The van der Waals surface area contributed by atoms with Gasteiger partial charge in [0.25, 0.3) is 0 Å². The zero-order valence-corrected chi connectivity index (χ0v) is 12.0. The van der Waals surface area contributed by atoms with Gasteiger partial charge < -0.3 is 15.0 Å². The van der Waals surface area contributed by atoms with Crippen molar-refractivity contribution in [2.24, 2.45) is 5.73 Å². The summed E-state index contributed by atoms with van der Waals surface area (Å²) in [5, 5.41) is 4.17. The van der Waals surface area contributed by atoms with Crippen LogP contribution in [0, 0.1) is 0 Å². The molecule has 0 aliphatic heterocycles. The lowest BCUT2D eigenvalue weighted by Crippen LogP contribution is -2.27. The Morgan fingerprint density at radius 1 is 1.37 bits per heavy atom. The van der Waals surface area contributed by atoms with Crippen LogP contribution in [0.25, 0.3) is 0 Å². The van der Waals surface area contributed by atoms with E-state index in [1.54, 1.807) is 0 Å². The third-order valence-corrected chi connectivity index (χ3v) is 3.95. The smallest absolute Gasteiger partial charge is 0.231 e. The molecule has 1 atom stereocenters. The summed E-state index contributed by atoms with van der Waals surface area (Å²) >= 11 is 0. The summed E-state index contributed by atoms with van der Waals surface area (Å²) in [6.45, 7) is 5.38. The molecule has 2 rings (SSSR count). The second-order valence-corrected chi connectivity index (χ2v) is 5.31. The normalized spacial score (nSPS) is 19.7. The number of nitrogens with two attached hydrogens (primary N) is 1. The number of hydrogen-bond acceptors (Lipinski definition) is 5. The van der Waals surface area contributed by atoms with Crippen LogP contribution in [0.2, 0.25) is 0 Å². The van der Waals surface area contributed by atoms with E-state index in [0.29, 0.717) is 19.0 Å². The van der Waals surface area contributed by atoms with E-state index < -0.39 is 0 Å². The molecule has 108 valence electrons. The van der Waals surface area contributed by atoms with Crippen molar-refractivity contribution in [1.82, 2.24) is 10.1 Å². The molecule has 0 spiro atoms. The van der Waals surface area contributed by atoms with Crippen molar-refractivity contribution in [1.29, 1.82) is 0 Å². The topological polar surface area (TPSA) is 74.2 Å². The van der Waals surface area contributed by atoms with Crippen molar-refractivity contribution in [3.63, 3.8) is 0 Å². The van der Waals surface area contributed by atoms with Crippen LogP contribution in [-0.4, -0.2) is 23.3 Å². The molecule has 1 fully saturated rings. The fourth-order valence-corrected chi connectivity index (χ4v) is 2.93. The van der Waals surface area contributed by atoms with Crippen LogP contribution in [0.1, 0.15) is 70.0 Å². The van der Waals surface area contributed by atoms with Crippen LogP contribution in [-0.2, 0) is 10.3 Å². The fourth-order valence-electron chi connectivity index (χ4n) is 2.93. The first-order valence-corrected chi connectivity index (χ1v) is 7.44. The lowest BCUT2D eigenvalue weighted by molar-refractivity contribution is -0.0469. The molecule has 5 heteroatoms. The predicted molar refractivity (Wildman–Crippen MR) is 72.8 cm³/mol. The summed E-state index contributed by atoms with van der Waals surface area (Å²) < 4.78 is 11.4. The molecular formula is C14H25N3O2. The van der Waals surface area contributed by atoms with Crippen LogP contribution < -0.4 is 5.73 Å². The third-order valence-electron chi connectivity index (χ3n) is 3.95. The maximum atomic E-state index is 5.95. The minimum atomic E-state index is -0.318. The highest BCUT2D eigenvalue weighted by Crippen LogP contribution is 2.41. The zero-order chi connectivity index (χ0) is 13.7. The summed E-state index contributed by atoms with van der Waals surface area (Å²) in [5.41, 5.74) is 5.47. The molecule has 0 aromatic carbocycles. The van der Waals surface area contributed by atoms with E-state index in [-0.39, 0.29) is 11.5 Å². The van der Waals surface area contributed by atoms with Crippen molar-refractivity contribution >= 4 is 0 Å². The summed E-state index contributed by atoms with van der Waals surface area (Å²) in [6.07, 6.45) is 6.36. The van der Waals surface area contributed by atoms with E-state index in [0.717, 1.165) is 31.5 Å². The van der Waals surface area contributed by atoms with Crippen molar-refractivity contribution < 1.29 is 9.26 Å². The van der Waals surface area contributed by atoms with Crippen molar-refractivity contribution in [2.45, 2.75) is 63.9 Å². The second kappa shape index (κ2) is 6.48. The minimum absolute atomic E-state index is 0.173. The molecule has 5 nitrogen and oxygen atoms in total. The minimum Gasteiger partial charge on any atom is -0.367 e. The van der Waals surface area contributed by atoms with Crippen LogP contribution in [0.4, 0.5) is 0 Å². The Labute approximate surface area is 114 Å². The van der Waals surface area contributed by atoms with Gasteiger partial charge in [0.1, 0.15) is 5.60 Å². The molecule has 1 aliphatic carbocycles. The maximum Gasteiger partial charge on any atom is 0.231 e. The highest BCUT2D eigenvalue weighted by atomic mass is 16.5. The van der Waals surface area contributed by atoms with Gasteiger partial charge in [-0.05, 0) is 39.0 Å². The van der Waals surface area contributed by atoms with Crippen LogP contribution in [0.15, 0.2) is 4.52 Å². The molecular weight excluding hydrogens is 242 g/mol. The Bertz CT molecular complexity index is 386. The van der Waals surface area contributed by atoms with Crippen LogP contribution >= 0.6 is 0 Å². The molecule has 1 heterocycles. The largest absolute Gasteiger partial charge is 0.367 e. The van der Waals surface area contributed by atoms with Gasteiger partial charge in [0.2, 0.25) is 11.7 Å². The van der Waals surface area contributed by atoms with Crippen LogP contribution in [0.3, 0.4) is 0 Å². The first-order valence-electron chi connectivity index (χ1n) is 7.44. The molecule has 1 aliphatic rings. The highest BCUT2D eigenvalue weighted by molar-refractivity contribution is 5.06. The van der Waals surface area contributed by atoms with E-state index in [1.165, 1.54) is 12.8 Å². The van der Waals surface area contributed by atoms with Crippen molar-refractivity contribution in [2.75, 3.05) is 13.2 Å². The lowest BCUT2D eigenvalue weighted by atomic mass is 10.0. The van der Waals surface area contributed by atoms with Gasteiger partial charge in [-0.2, -0.15) is 4.98 Å². The molecule has 1 unspecified atom stereocenters. The van der Waals surface area contributed by atoms with E-state index in [9.17, 15) is 0 Å². The molecule has 1 saturated carbocycles. The first kappa shape index (κ1) is 14.5. The van der Waals surface area contributed by atoms with Gasteiger partial charge >= 0.3 is 0 Å². The maximum absolute atomic E-state index is 5.95. The van der Waals surface area contributed by atoms with Gasteiger partial charge in [0.05, 0.1) is 5.92 Å². The van der Waals surface area contributed by atoms with Gasteiger partial charge in [-0.3, -0.25) is 0 Å². The Morgan fingerprint density at radius 3 is 2.68 bits per heavy atom. The number of hydrogen-bond donors (Lipinski definition) is 1. The second-order valence-electron chi connectivity index (χ2n) is 5.31. The monoisotopic (exact) mass is 267 g/mol. The Morgan fingerprint density at radius 2 is 2.11 bits per heavy atom. The van der Waals surface area contributed by atoms with E-state index in [1.807, 2.05) is 6.92 Å². The average molecular weight is 267 g/mol. The van der Waals surface area contributed by atoms with Crippen molar-refractivity contribution in [3.05, 3.63) is 11.7 Å². The Hall–Kier alpha value is -0.940. The Kier molecular flexibility index (Phi) is 4.93. The average Bonchev–Trinajstić information content (AvgIpc) is 3.05. The number of aromatic nitrogens is 2. The summed E-state index contributed by atoms with van der Waals surface area (Å²) in [7, 11) is 0. The molecule has 1 aromatic heterocycles. The van der Waals surface area contributed by atoms with Gasteiger partial charge in [-0.25, -0.2) is 0 Å². The molecule has 0 amide bonds. The standard InChI is InChI=1S/C14H25N3O2/c1-3-7-11(10-15)12-16-13(17-19-12)14(18-4-2)8-5-6-9-14/h11H,3-10,15H2,1-2H3. The van der Waals surface area contributed by atoms with Gasteiger partial charge in [-0.15, -0.1) is 0 Å². The highest BCUT2D eigenvalue weighted by Gasteiger charge is 2.41. The van der Waals surface area contributed by atoms with Gasteiger partial charge in [0, 0.05) is 13.2 Å². The van der Waals surface area contributed by atoms with Crippen LogP contribution in [0.5, 0.6) is 0 Å². The predicted octanol–water partition coefficient (Wildman–Crippen LogP) is 2.72. The molecule has 0 radical (unpaired) electrons.